The molecule has 10 heavy (non-hydrogen) atoms. The zero-order valence-corrected chi connectivity index (χ0v) is 6.43. The van der Waals surface area contributed by atoms with Crippen LogP contribution in [0.15, 0.2) is 23.5 Å². The molecule has 0 saturated heterocycles. The summed E-state index contributed by atoms with van der Waals surface area (Å²) >= 11 is 0. The molecular formula is C9H14O. The highest BCUT2D eigenvalue weighted by atomic mass is 16.3. The van der Waals surface area contributed by atoms with E-state index in [0.29, 0.717) is 5.76 Å². The number of aliphatic hydroxyl groups is 1. The number of rotatable bonds is 2. The van der Waals surface area contributed by atoms with E-state index in [9.17, 15) is 0 Å². The van der Waals surface area contributed by atoms with Crippen molar-refractivity contribution in [3.8, 4) is 0 Å². The fraction of sp³-hybridized carbons (Fsp3) is 0.556. The monoisotopic (exact) mass is 138 g/mol. The molecule has 0 radical (unpaired) electrons. The third kappa shape index (κ3) is 1.90. The number of aliphatic hydroxyl groups excluding tert-OH is 1. The van der Waals surface area contributed by atoms with Gasteiger partial charge < -0.3 is 5.11 Å². The Morgan fingerprint density at radius 3 is 2.70 bits per heavy atom. The van der Waals surface area contributed by atoms with Crippen LogP contribution in [-0.2, 0) is 0 Å². The van der Waals surface area contributed by atoms with Gasteiger partial charge in [0.05, 0.1) is 5.76 Å². The van der Waals surface area contributed by atoms with Gasteiger partial charge in [-0.25, -0.2) is 0 Å². The molecule has 1 rings (SSSR count). The molecule has 0 aromatic rings. The first-order valence-electron chi connectivity index (χ1n) is 3.90. The van der Waals surface area contributed by atoms with Gasteiger partial charge in [-0.05, 0) is 18.9 Å². The van der Waals surface area contributed by atoms with Gasteiger partial charge in [0.2, 0.25) is 0 Å². The Morgan fingerprint density at radius 1 is 1.40 bits per heavy atom. The first-order chi connectivity index (χ1) is 4.83. The van der Waals surface area contributed by atoms with Crippen molar-refractivity contribution >= 4 is 0 Å². The molecule has 0 fully saturated rings. The summed E-state index contributed by atoms with van der Waals surface area (Å²) in [5, 5.41) is 9.01. The third-order valence-electron chi connectivity index (χ3n) is 1.78. The van der Waals surface area contributed by atoms with E-state index in [4.69, 9.17) is 5.11 Å². The van der Waals surface area contributed by atoms with Crippen molar-refractivity contribution < 1.29 is 5.11 Å². The molecule has 0 atom stereocenters. The van der Waals surface area contributed by atoms with Crippen LogP contribution < -0.4 is 0 Å². The fourth-order valence-electron chi connectivity index (χ4n) is 1.20. The molecule has 0 aromatic heterocycles. The molecule has 0 unspecified atom stereocenters. The molecule has 56 valence electrons. The summed E-state index contributed by atoms with van der Waals surface area (Å²) < 4.78 is 0. The molecule has 1 nitrogen and oxygen atoms in total. The van der Waals surface area contributed by atoms with Gasteiger partial charge in [0.15, 0.2) is 0 Å². The second-order valence-electron chi connectivity index (χ2n) is 2.73. The minimum Gasteiger partial charge on any atom is -0.512 e. The first-order valence-corrected chi connectivity index (χ1v) is 3.90. The quantitative estimate of drug-likeness (QED) is 0.622. The summed E-state index contributed by atoms with van der Waals surface area (Å²) in [6.07, 6.45) is 8.14. The molecule has 1 aliphatic rings. The van der Waals surface area contributed by atoms with Crippen LogP contribution in [0.3, 0.4) is 0 Å². The van der Waals surface area contributed by atoms with E-state index in [1.807, 2.05) is 12.2 Å². The van der Waals surface area contributed by atoms with Gasteiger partial charge in [-0.3, -0.25) is 0 Å². The van der Waals surface area contributed by atoms with Crippen molar-refractivity contribution in [2.24, 2.45) is 0 Å². The van der Waals surface area contributed by atoms with Gasteiger partial charge in [-0.2, -0.15) is 0 Å². The molecule has 0 heterocycles. The normalized spacial score (nSPS) is 18.1. The molecule has 0 saturated carbocycles. The molecule has 0 bridgehead atoms. The Kier molecular flexibility index (Phi) is 2.55. The maximum atomic E-state index is 9.01. The Balaban J connectivity index is 2.47. The lowest BCUT2D eigenvalue weighted by Crippen LogP contribution is -1.91. The van der Waals surface area contributed by atoms with Gasteiger partial charge >= 0.3 is 0 Å². The topological polar surface area (TPSA) is 20.2 Å². The Morgan fingerprint density at radius 2 is 2.20 bits per heavy atom. The van der Waals surface area contributed by atoms with Gasteiger partial charge in [0.25, 0.3) is 0 Å². The van der Waals surface area contributed by atoms with Crippen molar-refractivity contribution in [1.82, 2.24) is 0 Å². The van der Waals surface area contributed by atoms with Gasteiger partial charge in [0.1, 0.15) is 0 Å². The SMILES string of the molecule is CCCC1=CC=C(O)CC1. The standard InChI is InChI=1S/C9H14O/c1-2-3-8-4-6-9(10)7-5-8/h4,6,10H,2-3,5,7H2,1H3. The van der Waals surface area contributed by atoms with Gasteiger partial charge in [0, 0.05) is 6.42 Å². The summed E-state index contributed by atoms with van der Waals surface area (Å²) in [5.41, 5.74) is 1.47. The van der Waals surface area contributed by atoms with Crippen molar-refractivity contribution in [3.05, 3.63) is 23.5 Å². The molecule has 1 N–H and O–H groups in total. The van der Waals surface area contributed by atoms with E-state index in [2.05, 4.69) is 6.92 Å². The Bertz CT molecular complexity index is 162. The summed E-state index contributed by atoms with van der Waals surface area (Å²) in [5.74, 6) is 0.528. The largest absolute Gasteiger partial charge is 0.512 e. The second kappa shape index (κ2) is 3.45. The van der Waals surface area contributed by atoms with Crippen molar-refractivity contribution in [2.75, 3.05) is 0 Å². The summed E-state index contributed by atoms with van der Waals surface area (Å²) in [4.78, 5) is 0. The predicted molar refractivity (Wildman–Crippen MR) is 42.9 cm³/mol. The lowest BCUT2D eigenvalue weighted by atomic mass is 10.00. The summed E-state index contributed by atoms with van der Waals surface area (Å²) in [7, 11) is 0. The highest BCUT2D eigenvalue weighted by Gasteiger charge is 2.02. The molecule has 0 aromatic carbocycles. The number of hydrogen-bond donors (Lipinski definition) is 1. The zero-order chi connectivity index (χ0) is 7.40. The highest BCUT2D eigenvalue weighted by molar-refractivity contribution is 5.20. The van der Waals surface area contributed by atoms with Crippen LogP contribution in [0.4, 0.5) is 0 Å². The average molecular weight is 138 g/mol. The molecule has 0 amide bonds. The van der Waals surface area contributed by atoms with Crippen LogP contribution >= 0.6 is 0 Å². The van der Waals surface area contributed by atoms with Crippen molar-refractivity contribution in [2.45, 2.75) is 32.6 Å². The summed E-state index contributed by atoms with van der Waals surface area (Å²) in [6.45, 7) is 2.18. The van der Waals surface area contributed by atoms with Crippen LogP contribution in [0.2, 0.25) is 0 Å². The fourth-order valence-corrected chi connectivity index (χ4v) is 1.20. The molecule has 1 heteroatoms. The highest BCUT2D eigenvalue weighted by Crippen LogP contribution is 2.19. The molecular weight excluding hydrogens is 124 g/mol. The third-order valence-corrected chi connectivity index (χ3v) is 1.78. The maximum absolute atomic E-state index is 9.01. The lowest BCUT2D eigenvalue weighted by Gasteiger charge is -2.09. The van der Waals surface area contributed by atoms with Crippen LogP contribution in [-0.4, -0.2) is 5.11 Å². The van der Waals surface area contributed by atoms with Crippen LogP contribution in [0, 0.1) is 0 Å². The van der Waals surface area contributed by atoms with Crippen LogP contribution in [0.5, 0.6) is 0 Å². The van der Waals surface area contributed by atoms with Crippen molar-refractivity contribution in [1.29, 1.82) is 0 Å². The van der Waals surface area contributed by atoms with Crippen LogP contribution in [0.1, 0.15) is 32.6 Å². The molecule has 0 spiro atoms. The lowest BCUT2D eigenvalue weighted by molar-refractivity contribution is 0.385. The van der Waals surface area contributed by atoms with E-state index in [-0.39, 0.29) is 0 Å². The number of hydrogen-bond acceptors (Lipinski definition) is 1. The van der Waals surface area contributed by atoms with E-state index >= 15 is 0 Å². The molecule has 0 aliphatic heterocycles. The van der Waals surface area contributed by atoms with E-state index in [1.165, 1.54) is 18.4 Å². The summed E-state index contributed by atoms with van der Waals surface area (Å²) in [6, 6.07) is 0. The van der Waals surface area contributed by atoms with Crippen molar-refractivity contribution in [3.63, 3.8) is 0 Å². The Hall–Kier alpha value is -0.720. The smallest absolute Gasteiger partial charge is 0.0925 e. The maximum Gasteiger partial charge on any atom is 0.0925 e. The minimum absolute atomic E-state index is 0.528. The second-order valence-corrected chi connectivity index (χ2v) is 2.73. The van der Waals surface area contributed by atoms with E-state index in [1.54, 1.807) is 0 Å². The zero-order valence-electron chi connectivity index (χ0n) is 6.43. The Labute approximate surface area is 62.1 Å². The predicted octanol–water partition coefficient (Wildman–Crippen LogP) is 2.95. The average Bonchev–Trinajstić information content (AvgIpc) is 1.95. The van der Waals surface area contributed by atoms with E-state index < -0.39 is 0 Å². The van der Waals surface area contributed by atoms with E-state index in [0.717, 1.165) is 12.8 Å². The van der Waals surface area contributed by atoms with Gasteiger partial charge in [-0.15, -0.1) is 0 Å². The minimum atomic E-state index is 0.528. The first kappa shape index (κ1) is 7.39. The van der Waals surface area contributed by atoms with Crippen LogP contribution in [0.25, 0.3) is 0 Å². The number of allylic oxidation sites excluding steroid dienone is 4. The molecule has 1 aliphatic carbocycles. The van der Waals surface area contributed by atoms with Gasteiger partial charge in [-0.1, -0.05) is 25.0 Å².